The number of rotatable bonds is 11. The molecule has 0 fully saturated rings. The zero-order chi connectivity index (χ0) is 13.5. The minimum absolute atomic E-state index is 0. The van der Waals surface area contributed by atoms with Crippen molar-refractivity contribution >= 4 is 41.7 Å². The summed E-state index contributed by atoms with van der Waals surface area (Å²) in [6.07, 6.45) is 4.23. The van der Waals surface area contributed by atoms with E-state index in [1.807, 2.05) is 11.8 Å². The van der Waals surface area contributed by atoms with E-state index < -0.39 is 0 Å². The van der Waals surface area contributed by atoms with Crippen LogP contribution in [0.2, 0.25) is 0 Å². The molecule has 0 spiro atoms. The second kappa shape index (κ2) is 18.3. The number of guanidine groups is 1. The van der Waals surface area contributed by atoms with Crippen molar-refractivity contribution < 1.29 is 9.47 Å². The van der Waals surface area contributed by atoms with Crippen molar-refractivity contribution in [3.63, 3.8) is 0 Å². The summed E-state index contributed by atoms with van der Waals surface area (Å²) in [7, 11) is 3.48. The van der Waals surface area contributed by atoms with Gasteiger partial charge in [-0.05, 0) is 19.1 Å². The highest BCUT2D eigenvalue weighted by Crippen LogP contribution is 1.89. The minimum atomic E-state index is 0. The highest BCUT2D eigenvalue weighted by Gasteiger charge is 1.96. The summed E-state index contributed by atoms with van der Waals surface area (Å²) >= 11 is 1.82. The van der Waals surface area contributed by atoms with E-state index in [2.05, 4.69) is 21.9 Å². The molecule has 0 unspecified atom stereocenters. The molecular formula is C12H28IN3O2S. The van der Waals surface area contributed by atoms with Gasteiger partial charge in [-0.15, -0.1) is 24.0 Å². The Balaban J connectivity index is 0. The molecule has 5 nitrogen and oxygen atoms in total. The van der Waals surface area contributed by atoms with Gasteiger partial charge in [0, 0.05) is 39.6 Å². The Hall–Kier alpha value is 0.270. The van der Waals surface area contributed by atoms with Gasteiger partial charge in [0.2, 0.25) is 0 Å². The van der Waals surface area contributed by atoms with Gasteiger partial charge in [0.05, 0.1) is 13.2 Å². The molecule has 0 aliphatic carbocycles. The molecule has 0 rings (SSSR count). The smallest absolute Gasteiger partial charge is 0.191 e. The van der Waals surface area contributed by atoms with Gasteiger partial charge in [-0.2, -0.15) is 11.8 Å². The van der Waals surface area contributed by atoms with E-state index >= 15 is 0 Å². The summed E-state index contributed by atoms with van der Waals surface area (Å²) in [6, 6.07) is 0. The number of hydrogen-bond acceptors (Lipinski definition) is 4. The maximum absolute atomic E-state index is 5.39. The van der Waals surface area contributed by atoms with E-state index in [0.717, 1.165) is 44.3 Å². The van der Waals surface area contributed by atoms with Crippen LogP contribution in [0.3, 0.4) is 0 Å². The van der Waals surface area contributed by atoms with Crippen LogP contribution >= 0.6 is 35.7 Å². The quantitative estimate of drug-likeness (QED) is 0.237. The summed E-state index contributed by atoms with van der Waals surface area (Å²) in [5, 5.41) is 6.54. The molecule has 19 heavy (non-hydrogen) atoms. The molecule has 0 aliphatic rings. The van der Waals surface area contributed by atoms with Crippen molar-refractivity contribution in [2.24, 2.45) is 4.99 Å². The lowest BCUT2D eigenvalue weighted by molar-refractivity contribution is 0.0689. The van der Waals surface area contributed by atoms with Crippen molar-refractivity contribution in [2.75, 3.05) is 59.1 Å². The Morgan fingerprint density at radius 2 is 1.84 bits per heavy atom. The molecule has 0 aromatic rings. The zero-order valence-electron chi connectivity index (χ0n) is 12.2. The van der Waals surface area contributed by atoms with E-state index in [4.69, 9.17) is 9.47 Å². The second-order valence-corrected chi connectivity index (χ2v) is 4.72. The third-order valence-corrected chi connectivity index (χ3v) is 2.87. The summed E-state index contributed by atoms with van der Waals surface area (Å²) in [5.41, 5.74) is 0. The van der Waals surface area contributed by atoms with Gasteiger partial charge in [0.25, 0.3) is 0 Å². The number of nitrogens with one attached hydrogen (secondary N) is 2. The van der Waals surface area contributed by atoms with E-state index in [0.29, 0.717) is 13.2 Å². The molecule has 0 aromatic heterocycles. The fourth-order valence-electron chi connectivity index (χ4n) is 1.27. The van der Waals surface area contributed by atoms with Crippen molar-refractivity contribution in [1.82, 2.24) is 10.6 Å². The molecule has 0 saturated heterocycles. The van der Waals surface area contributed by atoms with E-state index in [1.165, 1.54) is 0 Å². The van der Waals surface area contributed by atoms with Crippen LogP contribution < -0.4 is 10.6 Å². The molecule has 2 N–H and O–H groups in total. The third-order valence-electron chi connectivity index (χ3n) is 2.26. The van der Waals surface area contributed by atoms with Gasteiger partial charge in [-0.1, -0.05) is 0 Å². The molecule has 0 radical (unpaired) electrons. The molecule has 0 saturated carbocycles. The Morgan fingerprint density at radius 3 is 2.47 bits per heavy atom. The number of unbranched alkanes of at least 4 members (excludes halogenated alkanes) is 1. The van der Waals surface area contributed by atoms with Crippen molar-refractivity contribution in [3.8, 4) is 0 Å². The Morgan fingerprint density at radius 1 is 1.11 bits per heavy atom. The first-order chi connectivity index (χ1) is 8.85. The molecule has 0 atom stereocenters. The van der Waals surface area contributed by atoms with Crippen LogP contribution in [0.15, 0.2) is 4.99 Å². The van der Waals surface area contributed by atoms with Crippen LogP contribution in [0, 0.1) is 0 Å². The highest BCUT2D eigenvalue weighted by molar-refractivity contribution is 14.0. The first kappa shape index (κ1) is 21.6. The lowest BCUT2D eigenvalue weighted by atomic mass is 10.3. The molecule has 0 amide bonds. The monoisotopic (exact) mass is 405 g/mol. The molecule has 7 heteroatoms. The molecule has 0 heterocycles. The van der Waals surface area contributed by atoms with E-state index in [-0.39, 0.29) is 24.0 Å². The van der Waals surface area contributed by atoms with Crippen LogP contribution in [0.1, 0.15) is 12.8 Å². The van der Waals surface area contributed by atoms with Crippen LogP contribution in [0.5, 0.6) is 0 Å². The van der Waals surface area contributed by atoms with Gasteiger partial charge in [-0.25, -0.2) is 0 Å². The topological polar surface area (TPSA) is 54.9 Å². The van der Waals surface area contributed by atoms with Crippen LogP contribution in [0.4, 0.5) is 0 Å². The predicted octanol–water partition coefficient (Wildman–Crippen LogP) is 1.58. The number of nitrogens with zero attached hydrogens (tertiary/aromatic N) is 1. The Kier molecular flexibility index (Phi) is 20.7. The van der Waals surface area contributed by atoms with Gasteiger partial charge >= 0.3 is 0 Å². The zero-order valence-corrected chi connectivity index (χ0v) is 15.4. The largest absolute Gasteiger partial charge is 0.382 e. The number of methoxy groups -OCH3 is 1. The Labute approximate surface area is 138 Å². The molecule has 0 bridgehead atoms. The lowest BCUT2D eigenvalue weighted by Crippen LogP contribution is -2.38. The minimum Gasteiger partial charge on any atom is -0.382 e. The third kappa shape index (κ3) is 16.2. The van der Waals surface area contributed by atoms with E-state index in [9.17, 15) is 0 Å². The lowest BCUT2D eigenvalue weighted by Gasteiger charge is -2.11. The Bertz CT molecular complexity index is 209. The molecule has 0 aliphatic heterocycles. The number of ether oxygens (including phenoxy) is 2. The predicted molar refractivity (Wildman–Crippen MR) is 95.1 cm³/mol. The van der Waals surface area contributed by atoms with Crippen molar-refractivity contribution in [1.29, 1.82) is 0 Å². The normalized spacial score (nSPS) is 11.0. The van der Waals surface area contributed by atoms with Crippen LogP contribution in [-0.4, -0.2) is 65.0 Å². The highest BCUT2D eigenvalue weighted by atomic mass is 127. The number of thioether (sulfide) groups is 1. The molecule has 116 valence electrons. The summed E-state index contributed by atoms with van der Waals surface area (Å²) in [4.78, 5) is 4.16. The van der Waals surface area contributed by atoms with E-state index in [1.54, 1.807) is 14.2 Å². The van der Waals surface area contributed by atoms with Gasteiger partial charge in [0.15, 0.2) is 5.96 Å². The van der Waals surface area contributed by atoms with Gasteiger partial charge < -0.3 is 20.1 Å². The summed E-state index contributed by atoms with van der Waals surface area (Å²) in [6.45, 7) is 4.02. The first-order valence-corrected chi connectivity index (χ1v) is 7.74. The summed E-state index contributed by atoms with van der Waals surface area (Å²) < 4.78 is 10.3. The molecule has 0 aromatic carbocycles. The number of halogens is 1. The maximum atomic E-state index is 5.39. The average Bonchev–Trinajstić information content (AvgIpc) is 2.40. The average molecular weight is 405 g/mol. The van der Waals surface area contributed by atoms with Crippen molar-refractivity contribution in [3.05, 3.63) is 0 Å². The summed E-state index contributed by atoms with van der Waals surface area (Å²) in [5.74, 6) is 1.97. The first-order valence-electron chi connectivity index (χ1n) is 6.35. The van der Waals surface area contributed by atoms with Crippen LogP contribution in [-0.2, 0) is 9.47 Å². The van der Waals surface area contributed by atoms with Gasteiger partial charge in [0.1, 0.15) is 0 Å². The fourth-order valence-corrected chi connectivity index (χ4v) is 1.58. The van der Waals surface area contributed by atoms with Crippen LogP contribution in [0.25, 0.3) is 0 Å². The van der Waals surface area contributed by atoms with Gasteiger partial charge in [-0.3, -0.25) is 4.99 Å². The fraction of sp³-hybridized carbons (Fsp3) is 0.917. The molecular weight excluding hydrogens is 377 g/mol. The maximum Gasteiger partial charge on any atom is 0.191 e. The van der Waals surface area contributed by atoms with Crippen molar-refractivity contribution in [2.45, 2.75) is 12.8 Å². The number of aliphatic imine (C=N–C) groups is 1. The standard InChI is InChI=1S/C12H27N3O2S.HI/c1-13-12(15-7-11-18-3)14-6-4-5-8-17-10-9-16-2;/h4-11H2,1-3H3,(H2,13,14,15);1H. The second-order valence-electron chi connectivity index (χ2n) is 3.73. The SMILES string of the molecule is CN=C(NCCCCOCCOC)NCCSC.I. The number of hydrogen-bond donors (Lipinski definition) is 2.